The Morgan fingerprint density at radius 1 is 1.11 bits per heavy atom. The third-order valence-electron chi connectivity index (χ3n) is 6.36. The molecule has 5 rings (SSSR count). The first-order valence-electron chi connectivity index (χ1n) is 11.3. The van der Waals surface area contributed by atoms with Gasteiger partial charge < -0.3 is 19.8 Å². The molecular formula is C25H24N4O6. The molecule has 1 atom stereocenters. The van der Waals surface area contributed by atoms with Crippen molar-refractivity contribution < 1.29 is 23.5 Å². The predicted octanol–water partition coefficient (Wildman–Crippen LogP) is 2.58. The van der Waals surface area contributed by atoms with E-state index >= 15 is 0 Å². The highest BCUT2D eigenvalue weighted by atomic mass is 16.6. The second-order valence-corrected chi connectivity index (χ2v) is 8.55. The number of piperidine rings is 1. The fraction of sp³-hybridized carbons (Fsp3) is 0.280. The molecule has 2 aromatic carbocycles. The molecule has 0 radical (unpaired) electrons. The van der Waals surface area contributed by atoms with Crippen molar-refractivity contribution in [3.8, 4) is 0 Å². The number of aromatic nitrogens is 1. The van der Waals surface area contributed by atoms with Gasteiger partial charge in [0, 0.05) is 25.1 Å². The lowest BCUT2D eigenvalue weighted by Crippen LogP contribution is -2.43. The Morgan fingerprint density at radius 3 is 2.63 bits per heavy atom. The maximum Gasteiger partial charge on any atom is 0.420 e. The van der Waals surface area contributed by atoms with E-state index in [0.29, 0.717) is 30.6 Å². The van der Waals surface area contributed by atoms with E-state index in [4.69, 9.17) is 14.9 Å². The summed E-state index contributed by atoms with van der Waals surface area (Å²) < 4.78 is 12.1. The third kappa shape index (κ3) is 4.30. The molecule has 3 N–H and O–H groups in total. The lowest BCUT2D eigenvalue weighted by Gasteiger charge is -2.26. The Balaban J connectivity index is 1.33. The summed E-state index contributed by atoms with van der Waals surface area (Å²) in [5.74, 6) is -1.61. The molecule has 3 aromatic rings. The number of carbonyl (C=O) groups excluding carboxylic acids is 3. The van der Waals surface area contributed by atoms with Crippen molar-refractivity contribution in [3.63, 3.8) is 0 Å². The number of amides is 3. The average Bonchev–Trinajstić information content (AvgIpc) is 3.20. The number of anilines is 1. The molecule has 1 fully saturated rings. The SMILES string of the molecule is Nc1c(C2=CCN(C(=O)OCc3ccccc3)CC2)ccc2c1oc(=O)n2C1CCC(=O)NC1=O. The maximum absolute atomic E-state index is 12.6. The highest BCUT2D eigenvalue weighted by molar-refractivity contribution is 6.00. The summed E-state index contributed by atoms with van der Waals surface area (Å²) in [4.78, 5) is 50.4. The molecule has 1 unspecified atom stereocenters. The fourth-order valence-corrected chi connectivity index (χ4v) is 4.51. The minimum atomic E-state index is -0.837. The maximum atomic E-state index is 12.6. The van der Waals surface area contributed by atoms with Crippen molar-refractivity contribution in [3.05, 3.63) is 70.2 Å². The molecule has 35 heavy (non-hydrogen) atoms. The van der Waals surface area contributed by atoms with E-state index in [-0.39, 0.29) is 42.7 Å². The Labute approximate surface area is 199 Å². The van der Waals surface area contributed by atoms with Crippen LogP contribution in [0.15, 0.2) is 57.8 Å². The standard InChI is InChI=1S/C25H24N4O6/c26-21-17(16-10-12-28(13-11-16)24(32)34-14-15-4-2-1-3-5-15)6-7-18-22(21)35-25(33)29(18)19-8-9-20(30)27-23(19)31/h1-7,10,19H,8-9,11-14,26H2,(H,27,30,31). The summed E-state index contributed by atoms with van der Waals surface area (Å²) in [6.07, 6.45) is 2.41. The summed E-state index contributed by atoms with van der Waals surface area (Å²) in [5.41, 5.74) is 9.81. The lowest BCUT2D eigenvalue weighted by molar-refractivity contribution is -0.135. The number of imide groups is 1. The van der Waals surface area contributed by atoms with Gasteiger partial charge in [0.1, 0.15) is 12.6 Å². The van der Waals surface area contributed by atoms with Crippen molar-refractivity contribution in [2.75, 3.05) is 18.8 Å². The van der Waals surface area contributed by atoms with Crippen LogP contribution in [-0.2, 0) is 20.9 Å². The topological polar surface area (TPSA) is 137 Å². The highest BCUT2D eigenvalue weighted by Gasteiger charge is 2.32. The van der Waals surface area contributed by atoms with E-state index in [9.17, 15) is 19.2 Å². The van der Waals surface area contributed by atoms with Crippen molar-refractivity contribution >= 4 is 40.3 Å². The molecule has 3 amide bonds. The van der Waals surface area contributed by atoms with Crippen LogP contribution in [0.2, 0.25) is 0 Å². The molecule has 2 aliphatic heterocycles. The molecule has 180 valence electrons. The Morgan fingerprint density at radius 2 is 1.91 bits per heavy atom. The normalized spacial score (nSPS) is 18.3. The molecule has 0 saturated carbocycles. The van der Waals surface area contributed by atoms with Crippen molar-refractivity contribution in [2.24, 2.45) is 0 Å². The van der Waals surface area contributed by atoms with E-state index in [1.54, 1.807) is 17.0 Å². The average molecular weight is 476 g/mol. The van der Waals surface area contributed by atoms with Crippen LogP contribution in [0.1, 0.15) is 36.4 Å². The molecule has 1 saturated heterocycles. The zero-order valence-electron chi connectivity index (χ0n) is 18.9. The smallest absolute Gasteiger partial charge is 0.420 e. The zero-order valence-corrected chi connectivity index (χ0v) is 18.9. The summed E-state index contributed by atoms with van der Waals surface area (Å²) in [5, 5.41) is 2.26. The molecule has 3 heterocycles. The number of rotatable bonds is 4. The number of fused-ring (bicyclic) bond motifs is 1. The van der Waals surface area contributed by atoms with Gasteiger partial charge in [-0.05, 0) is 30.0 Å². The number of nitrogens with two attached hydrogens (primary N) is 1. The van der Waals surface area contributed by atoms with E-state index in [1.807, 2.05) is 36.4 Å². The van der Waals surface area contributed by atoms with Crippen molar-refractivity contribution in [2.45, 2.75) is 31.9 Å². The van der Waals surface area contributed by atoms with Gasteiger partial charge in [0.05, 0.1) is 11.2 Å². The molecule has 0 aliphatic carbocycles. The Bertz CT molecular complexity index is 1400. The van der Waals surface area contributed by atoms with Crippen LogP contribution in [-0.4, -0.2) is 40.5 Å². The molecule has 0 bridgehead atoms. The largest absolute Gasteiger partial charge is 0.445 e. The van der Waals surface area contributed by atoms with Gasteiger partial charge in [-0.2, -0.15) is 0 Å². The number of hydrogen-bond donors (Lipinski definition) is 2. The van der Waals surface area contributed by atoms with Crippen LogP contribution < -0.4 is 16.8 Å². The van der Waals surface area contributed by atoms with Gasteiger partial charge in [-0.25, -0.2) is 9.59 Å². The minimum Gasteiger partial charge on any atom is -0.445 e. The lowest BCUT2D eigenvalue weighted by atomic mass is 9.97. The van der Waals surface area contributed by atoms with Gasteiger partial charge >= 0.3 is 11.8 Å². The molecule has 1 aromatic heterocycles. The molecule has 2 aliphatic rings. The van der Waals surface area contributed by atoms with Gasteiger partial charge in [-0.1, -0.05) is 42.5 Å². The summed E-state index contributed by atoms with van der Waals surface area (Å²) in [6, 6.07) is 12.1. The second-order valence-electron chi connectivity index (χ2n) is 8.55. The van der Waals surface area contributed by atoms with Crippen LogP contribution in [0.25, 0.3) is 16.7 Å². The number of hydrogen-bond acceptors (Lipinski definition) is 7. The van der Waals surface area contributed by atoms with E-state index in [2.05, 4.69) is 5.32 Å². The molecular weight excluding hydrogens is 452 g/mol. The highest BCUT2D eigenvalue weighted by Crippen LogP contribution is 2.34. The second kappa shape index (κ2) is 9.13. The number of nitrogens with zero attached hydrogens (tertiary/aromatic N) is 2. The van der Waals surface area contributed by atoms with Crippen LogP contribution >= 0.6 is 0 Å². The number of carbonyl (C=O) groups is 3. The van der Waals surface area contributed by atoms with E-state index < -0.39 is 17.7 Å². The van der Waals surface area contributed by atoms with Crippen LogP contribution in [0.3, 0.4) is 0 Å². The molecule has 10 heteroatoms. The van der Waals surface area contributed by atoms with Gasteiger partial charge in [-0.15, -0.1) is 0 Å². The first-order chi connectivity index (χ1) is 16.9. The Kier molecular flexibility index (Phi) is 5.86. The number of oxazole rings is 1. The van der Waals surface area contributed by atoms with Crippen LogP contribution in [0.5, 0.6) is 0 Å². The number of nitrogens with one attached hydrogen (secondary N) is 1. The first kappa shape index (κ1) is 22.5. The van der Waals surface area contributed by atoms with E-state index in [0.717, 1.165) is 11.1 Å². The van der Waals surface area contributed by atoms with Gasteiger partial charge in [0.15, 0.2) is 5.58 Å². The first-order valence-corrected chi connectivity index (χ1v) is 11.3. The number of ether oxygens (including phenoxy) is 1. The zero-order chi connectivity index (χ0) is 24.5. The Hall–Kier alpha value is -4.34. The van der Waals surface area contributed by atoms with Crippen molar-refractivity contribution in [1.29, 1.82) is 0 Å². The molecule has 10 nitrogen and oxygen atoms in total. The monoisotopic (exact) mass is 476 g/mol. The van der Waals surface area contributed by atoms with Crippen molar-refractivity contribution in [1.82, 2.24) is 14.8 Å². The predicted molar refractivity (Wildman–Crippen MR) is 127 cm³/mol. The van der Waals surface area contributed by atoms with Gasteiger partial charge in [0.25, 0.3) is 0 Å². The van der Waals surface area contributed by atoms with E-state index in [1.165, 1.54) is 4.57 Å². The summed E-state index contributed by atoms with van der Waals surface area (Å²) in [6.45, 7) is 1.03. The number of nitrogen functional groups attached to an aromatic ring is 1. The van der Waals surface area contributed by atoms with Crippen LogP contribution in [0.4, 0.5) is 10.5 Å². The van der Waals surface area contributed by atoms with Crippen LogP contribution in [0, 0.1) is 0 Å². The summed E-state index contributed by atoms with van der Waals surface area (Å²) >= 11 is 0. The summed E-state index contributed by atoms with van der Waals surface area (Å²) in [7, 11) is 0. The fourth-order valence-electron chi connectivity index (χ4n) is 4.51. The third-order valence-corrected chi connectivity index (χ3v) is 6.36. The quantitative estimate of drug-likeness (QED) is 0.436. The van der Waals surface area contributed by atoms with Gasteiger partial charge in [-0.3, -0.25) is 19.5 Å². The van der Waals surface area contributed by atoms with Gasteiger partial charge in [0.2, 0.25) is 11.8 Å². The molecule has 0 spiro atoms. The number of benzene rings is 2. The minimum absolute atomic E-state index is 0.139.